The van der Waals surface area contributed by atoms with Gasteiger partial charge in [-0.05, 0) is 38.0 Å². The summed E-state index contributed by atoms with van der Waals surface area (Å²) in [6, 6.07) is 0.421. The molecule has 0 radical (unpaired) electrons. The summed E-state index contributed by atoms with van der Waals surface area (Å²) >= 11 is 0. The summed E-state index contributed by atoms with van der Waals surface area (Å²) in [7, 11) is 0. The van der Waals surface area contributed by atoms with Crippen molar-refractivity contribution in [2.75, 3.05) is 32.7 Å². The van der Waals surface area contributed by atoms with Gasteiger partial charge in [-0.3, -0.25) is 14.5 Å². The maximum atomic E-state index is 12.8. The van der Waals surface area contributed by atoms with Gasteiger partial charge in [0.2, 0.25) is 11.8 Å². The number of carbonyl (C=O) groups excluding carboxylic acids is 2. The SMILES string of the molecule is CC(C)=C[C@H]1[C@@H](C(=O)N2CCN(CC(=O)NC3CC3)CC2)C1(C)C. The third kappa shape index (κ3) is 3.82. The normalized spacial score (nSPS) is 29.1. The molecule has 5 heteroatoms. The Labute approximate surface area is 145 Å². The molecule has 0 unspecified atom stereocenters. The fourth-order valence-electron chi connectivity index (χ4n) is 3.85. The number of piperazine rings is 1. The molecule has 0 spiro atoms. The fraction of sp³-hybridized carbons (Fsp3) is 0.789. The van der Waals surface area contributed by atoms with E-state index in [2.05, 4.69) is 44.0 Å². The van der Waals surface area contributed by atoms with Crippen molar-refractivity contribution >= 4 is 11.8 Å². The second kappa shape index (κ2) is 6.51. The van der Waals surface area contributed by atoms with E-state index in [9.17, 15) is 9.59 Å². The molecule has 1 aliphatic heterocycles. The van der Waals surface area contributed by atoms with Crippen molar-refractivity contribution < 1.29 is 9.59 Å². The van der Waals surface area contributed by atoms with Crippen LogP contribution < -0.4 is 5.32 Å². The summed E-state index contributed by atoms with van der Waals surface area (Å²) in [5, 5.41) is 3.03. The molecule has 1 heterocycles. The molecule has 3 rings (SSSR count). The van der Waals surface area contributed by atoms with Crippen molar-refractivity contribution in [3.63, 3.8) is 0 Å². The number of hydrogen-bond acceptors (Lipinski definition) is 3. The number of nitrogens with one attached hydrogen (secondary N) is 1. The zero-order valence-corrected chi connectivity index (χ0v) is 15.5. The molecular formula is C19H31N3O2. The van der Waals surface area contributed by atoms with E-state index in [0.717, 1.165) is 39.0 Å². The van der Waals surface area contributed by atoms with Gasteiger partial charge >= 0.3 is 0 Å². The summed E-state index contributed by atoms with van der Waals surface area (Å²) in [6.45, 7) is 12.1. The standard InChI is InChI=1S/C19H31N3O2/c1-13(2)11-15-17(19(15,3)4)18(24)22-9-7-21(8-10-22)12-16(23)20-14-5-6-14/h11,14-15,17H,5-10,12H2,1-4H3,(H,20,23)/t15-,17-/m0/s1. The van der Waals surface area contributed by atoms with E-state index in [1.807, 2.05) is 4.90 Å². The molecule has 0 aromatic rings. The van der Waals surface area contributed by atoms with Gasteiger partial charge in [0.25, 0.3) is 0 Å². The van der Waals surface area contributed by atoms with Crippen LogP contribution in [0.2, 0.25) is 0 Å². The van der Waals surface area contributed by atoms with E-state index < -0.39 is 0 Å². The Hall–Kier alpha value is -1.36. The molecule has 0 aromatic heterocycles. The van der Waals surface area contributed by atoms with Crippen LogP contribution in [0.3, 0.4) is 0 Å². The maximum absolute atomic E-state index is 12.8. The van der Waals surface area contributed by atoms with Gasteiger partial charge in [-0.2, -0.15) is 0 Å². The molecule has 24 heavy (non-hydrogen) atoms. The predicted molar refractivity (Wildman–Crippen MR) is 94.4 cm³/mol. The highest BCUT2D eigenvalue weighted by atomic mass is 16.2. The highest BCUT2D eigenvalue weighted by Crippen LogP contribution is 2.60. The minimum Gasteiger partial charge on any atom is -0.352 e. The number of allylic oxidation sites excluding steroid dienone is 2. The summed E-state index contributed by atoms with van der Waals surface area (Å²) < 4.78 is 0. The maximum Gasteiger partial charge on any atom is 0.234 e. The molecule has 1 saturated heterocycles. The van der Waals surface area contributed by atoms with Gasteiger partial charge in [0, 0.05) is 32.2 Å². The predicted octanol–water partition coefficient (Wildman–Crippen LogP) is 1.65. The summed E-state index contributed by atoms with van der Waals surface area (Å²) in [6.07, 6.45) is 4.50. The van der Waals surface area contributed by atoms with Crippen molar-refractivity contribution in [1.29, 1.82) is 0 Å². The van der Waals surface area contributed by atoms with Crippen LogP contribution in [0.15, 0.2) is 11.6 Å². The van der Waals surface area contributed by atoms with Gasteiger partial charge in [-0.1, -0.05) is 25.5 Å². The minimum atomic E-state index is 0.0790. The largest absolute Gasteiger partial charge is 0.352 e. The monoisotopic (exact) mass is 333 g/mol. The first kappa shape index (κ1) is 17.5. The quantitative estimate of drug-likeness (QED) is 0.779. The Bertz CT molecular complexity index is 539. The van der Waals surface area contributed by atoms with E-state index in [-0.39, 0.29) is 17.2 Å². The highest BCUT2D eigenvalue weighted by molar-refractivity contribution is 5.84. The lowest BCUT2D eigenvalue weighted by molar-refractivity contribution is -0.135. The van der Waals surface area contributed by atoms with Crippen LogP contribution in [0.25, 0.3) is 0 Å². The van der Waals surface area contributed by atoms with Crippen LogP contribution >= 0.6 is 0 Å². The lowest BCUT2D eigenvalue weighted by Gasteiger charge is -2.34. The van der Waals surface area contributed by atoms with Crippen LogP contribution in [0.4, 0.5) is 0 Å². The van der Waals surface area contributed by atoms with Gasteiger partial charge < -0.3 is 10.2 Å². The number of hydrogen-bond donors (Lipinski definition) is 1. The Balaban J connectivity index is 1.47. The molecular weight excluding hydrogens is 302 g/mol. The fourth-order valence-corrected chi connectivity index (χ4v) is 3.85. The Morgan fingerprint density at radius 1 is 1.12 bits per heavy atom. The van der Waals surface area contributed by atoms with E-state index in [0.29, 0.717) is 24.4 Å². The highest BCUT2D eigenvalue weighted by Gasteiger charge is 2.61. The van der Waals surface area contributed by atoms with Gasteiger partial charge in [-0.15, -0.1) is 0 Å². The first-order valence-corrected chi connectivity index (χ1v) is 9.24. The minimum absolute atomic E-state index is 0.0790. The van der Waals surface area contributed by atoms with Crippen molar-refractivity contribution in [1.82, 2.24) is 15.1 Å². The van der Waals surface area contributed by atoms with Crippen LogP contribution in [-0.2, 0) is 9.59 Å². The third-order valence-electron chi connectivity index (χ3n) is 5.68. The van der Waals surface area contributed by atoms with Crippen molar-refractivity contribution in [2.45, 2.75) is 46.6 Å². The topological polar surface area (TPSA) is 52.7 Å². The molecule has 2 atom stereocenters. The average molecular weight is 333 g/mol. The molecule has 134 valence electrons. The van der Waals surface area contributed by atoms with E-state index in [1.165, 1.54) is 5.57 Å². The smallest absolute Gasteiger partial charge is 0.234 e. The van der Waals surface area contributed by atoms with E-state index >= 15 is 0 Å². The van der Waals surface area contributed by atoms with Gasteiger partial charge in [0.15, 0.2) is 0 Å². The summed E-state index contributed by atoms with van der Waals surface area (Å²) in [4.78, 5) is 28.9. The molecule has 1 N–H and O–H groups in total. The molecule has 2 saturated carbocycles. The van der Waals surface area contributed by atoms with Crippen LogP contribution in [0.1, 0.15) is 40.5 Å². The Kier molecular flexibility index (Phi) is 4.73. The van der Waals surface area contributed by atoms with Crippen molar-refractivity contribution in [2.24, 2.45) is 17.3 Å². The van der Waals surface area contributed by atoms with Gasteiger partial charge in [0.1, 0.15) is 0 Å². The second-order valence-corrected chi connectivity index (χ2v) is 8.51. The molecule has 2 amide bonds. The number of nitrogens with zero attached hydrogens (tertiary/aromatic N) is 2. The van der Waals surface area contributed by atoms with Crippen LogP contribution in [-0.4, -0.2) is 60.4 Å². The Morgan fingerprint density at radius 3 is 2.29 bits per heavy atom. The number of carbonyl (C=O) groups is 2. The Morgan fingerprint density at radius 2 is 1.75 bits per heavy atom. The average Bonchev–Trinajstić information content (AvgIpc) is 3.38. The van der Waals surface area contributed by atoms with E-state index in [4.69, 9.17) is 0 Å². The zero-order valence-electron chi connectivity index (χ0n) is 15.5. The molecule has 0 aromatic carbocycles. The van der Waals surface area contributed by atoms with Gasteiger partial charge in [0.05, 0.1) is 12.5 Å². The number of rotatable bonds is 5. The summed E-state index contributed by atoms with van der Waals surface area (Å²) in [5.74, 6) is 0.920. The van der Waals surface area contributed by atoms with Gasteiger partial charge in [-0.25, -0.2) is 0 Å². The second-order valence-electron chi connectivity index (χ2n) is 8.51. The molecule has 3 aliphatic rings. The van der Waals surface area contributed by atoms with Crippen LogP contribution in [0, 0.1) is 17.3 Å². The van der Waals surface area contributed by atoms with Crippen molar-refractivity contribution in [3.8, 4) is 0 Å². The van der Waals surface area contributed by atoms with Crippen molar-refractivity contribution in [3.05, 3.63) is 11.6 Å². The zero-order chi connectivity index (χ0) is 17.5. The summed E-state index contributed by atoms with van der Waals surface area (Å²) in [5.41, 5.74) is 1.37. The third-order valence-corrected chi connectivity index (χ3v) is 5.68. The van der Waals surface area contributed by atoms with Crippen LogP contribution in [0.5, 0.6) is 0 Å². The molecule has 3 fully saturated rings. The first-order chi connectivity index (χ1) is 11.3. The molecule has 5 nitrogen and oxygen atoms in total. The number of amides is 2. The molecule has 2 aliphatic carbocycles. The van der Waals surface area contributed by atoms with E-state index in [1.54, 1.807) is 0 Å². The first-order valence-electron chi connectivity index (χ1n) is 9.24. The lowest BCUT2D eigenvalue weighted by Crippen LogP contribution is -2.51. The molecule has 0 bridgehead atoms. The lowest BCUT2D eigenvalue weighted by atomic mass is 10.1.